The van der Waals surface area contributed by atoms with Crippen molar-refractivity contribution in [2.75, 3.05) is 32.8 Å². The fourth-order valence-electron chi connectivity index (χ4n) is 4.33. The molecule has 2 saturated carbocycles. The summed E-state index contributed by atoms with van der Waals surface area (Å²) in [7, 11) is -7.94. The maximum absolute atomic E-state index is 11.0. The molecular formula is C21H47ClN4O6S2Si. The predicted molar refractivity (Wildman–Crippen MR) is 145 cm³/mol. The van der Waals surface area contributed by atoms with Crippen LogP contribution in [0.2, 0.25) is 19.6 Å². The zero-order chi connectivity index (χ0) is 25.6. The van der Waals surface area contributed by atoms with Crippen LogP contribution in [0.3, 0.4) is 0 Å². The van der Waals surface area contributed by atoms with Gasteiger partial charge in [0.05, 0.1) is 10.5 Å². The van der Waals surface area contributed by atoms with Gasteiger partial charge in [-0.05, 0) is 91.3 Å². The van der Waals surface area contributed by atoms with E-state index in [1.807, 2.05) is 6.92 Å². The predicted octanol–water partition coefficient (Wildman–Crippen LogP) is 1.71. The van der Waals surface area contributed by atoms with Crippen molar-refractivity contribution in [2.45, 2.75) is 100 Å². The molecule has 4 fully saturated rings. The highest BCUT2D eigenvalue weighted by Crippen LogP contribution is 2.42. The minimum atomic E-state index is -3.28. The summed E-state index contributed by atoms with van der Waals surface area (Å²) in [6.45, 7) is 12.7. The summed E-state index contributed by atoms with van der Waals surface area (Å²) in [4.78, 5) is 2.39. The number of nitrogens with zero attached hydrogens (tertiary/aromatic N) is 1. The summed E-state index contributed by atoms with van der Waals surface area (Å²) in [6.07, 6.45) is 7.50. The summed E-state index contributed by atoms with van der Waals surface area (Å²) in [5.41, 5.74) is 0. The van der Waals surface area contributed by atoms with Gasteiger partial charge in [-0.3, -0.25) is 0 Å². The third-order valence-electron chi connectivity index (χ3n) is 6.31. The van der Waals surface area contributed by atoms with E-state index in [2.05, 4.69) is 29.9 Å². The summed E-state index contributed by atoms with van der Waals surface area (Å²) in [6, 6.07) is 0.751. The van der Waals surface area contributed by atoms with Gasteiger partial charge >= 0.3 is 0 Å². The van der Waals surface area contributed by atoms with Gasteiger partial charge in [-0.15, -0.1) is 12.4 Å². The summed E-state index contributed by atoms with van der Waals surface area (Å²) >= 11 is 0. The molecule has 0 aromatic heterocycles. The smallest absolute Gasteiger partial charge is 0.212 e. The number of sulfonamides is 2. The Labute approximate surface area is 219 Å². The first-order valence-electron chi connectivity index (χ1n) is 12.5. The van der Waals surface area contributed by atoms with Crippen LogP contribution < -0.4 is 15.6 Å². The molecule has 2 saturated heterocycles. The molecule has 0 spiro atoms. The lowest BCUT2D eigenvalue weighted by Crippen LogP contribution is -2.42. The molecule has 0 radical (unpaired) electrons. The Kier molecular flexibility index (Phi) is 13.1. The lowest BCUT2D eigenvalue weighted by Gasteiger charge is -2.30. The second-order valence-corrected chi connectivity index (χ2v) is 18.8. The normalized spacial score (nSPS) is 23.7. The first-order chi connectivity index (χ1) is 15.7. The van der Waals surface area contributed by atoms with Crippen molar-refractivity contribution in [3.05, 3.63) is 0 Å². The third-order valence-corrected chi connectivity index (χ3v) is 10.1. The fraction of sp³-hybridized carbons (Fsp3) is 1.00. The number of primary sulfonamides is 2. The van der Waals surface area contributed by atoms with Crippen molar-refractivity contribution in [3.8, 4) is 0 Å². The SMILES string of the molecule is CCOC1(O[Si](C)(C)C)CC1.Cl.NS(=O)(=O)C1CCN(C2CC2)CC1.NS(=O)(=O)C1CCNCC1. The largest absolute Gasteiger partial charge is 0.391 e. The highest BCUT2D eigenvalue weighted by molar-refractivity contribution is 7.90. The van der Waals surface area contributed by atoms with E-state index in [4.69, 9.17) is 19.4 Å². The number of hydrogen-bond donors (Lipinski definition) is 3. The van der Waals surface area contributed by atoms with Crippen LogP contribution in [0.5, 0.6) is 0 Å². The molecule has 0 aromatic rings. The number of rotatable bonds is 7. The minimum Gasteiger partial charge on any atom is -0.391 e. The first-order valence-corrected chi connectivity index (χ1v) is 19.1. The van der Waals surface area contributed by atoms with E-state index in [-0.39, 0.29) is 28.7 Å². The van der Waals surface area contributed by atoms with Gasteiger partial charge in [0, 0.05) is 25.5 Å². The quantitative estimate of drug-likeness (QED) is 0.305. The Morgan fingerprint density at radius 1 is 0.886 bits per heavy atom. The molecule has 10 nitrogen and oxygen atoms in total. The number of nitrogens with two attached hydrogens (primary N) is 2. The van der Waals surface area contributed by atoms with E-state index < -0.39 is 28.4 Å². The highest BCUT2D eigenvalue weighted by Gasteiger charge is 2.47. The molecule has 210 valence electrons. The van der Waals surface area contributed by atoms with Crippen molar-refractivity contribution >= 4 is 40.8 Å². The van der Waals surface area contributed by atoms with Gasteiger partial charge in [-0.1, -0.05) is 0 Å². The Bertz CT molecular complexity index is 834. The second kappa shape index (κ2) is 13.8. The van der Waals surface area contributed by atoms with Crippen molar-refractivity contribution in [2.24, 2.45) is 10.3 Å². The Morgan fingerprint density at radius 3 is 1.66 bits per heavy atom. The van der Waals surface area contributed by atoms with E-state index >= 15 is 0 Å². The zero-order valence-electron chi connectivity index (χ0n) is 21.7. The topological polar surface area (TPSA) is 154 Å². The van der Waals surface area contributed by atoms with Gasteiger partial charge in [-0.2, -0.15) is 0 Å². The first kappa shape index (κ1) is 33.2. The van der Waals surface area contributed by atoms with Gasteiger partial charge < -0.3 is 19.4 Å². The van der Waals surface area contributed by atoms with Crippen molar-refractivity contribution in [3.63, 3.8) is 0 Å². The Hall–Kier alpha value is 0.167. The van der Waals surface area contributed by atoms with Crippen LogP contribution in [0.4, 0.5) is 0 Å². The minimum absolute atomic E-state index is 0. The number of piperidine rings is 2. The molecule has 5 N–H and O–H groups in total. The van der Waals surface area contributed by atoms with Crippen molar-refractivity contribution in [1.82, 2.24) is 10.2 Å². The summed E-state index contributed by atoms with van der Waals surface area (Å²) in [5.74, 6) is -0.154. The molecule has 2 heterocycles. The molecule has 2 aliphatic heterocycles. The van der Waals surface area contributed by atoms with E-state index in [9.17, 15) is 16.8 Å². The molecule has 2 aliphatic carbocycles. The summed E-state index contributed by atoms with van der Waals surface area (Å²) < 4.78 is 55.0. The maximum Gasteiger partial charge on any atom is 0.212 e. The molecule has 0 amide bonds. The molecule has 4 rings (SSSR count). The van der Waals surface area contributed by atoms with Crippen LogP contribution in [0.1, 0.15) is 58.3 Å². The Morgan fingerprint density at radius 2 is 1.34 bits per heavy atom. The molecule has 0 aromatic carbocycles. The molecule has 14 heteroatoms. The lowest BCUT2D eigenvalue weighted by molar-refractivity contribution is -0.106. The van der Waals surface area contributed by atoms with Gasteiger partial charge in [0.2, 0.25) is 20.0 Å². The number of likely N-dealkylation sites (tertiary alicyclic amines) is 1. The van der Waals surface area contributed by atoms with Crippen LogP contribution in [0.15, 0.2) is 0 Å². The Balaban J connectivity index is 0.000000262. The number of nitrogens with one attached hydrogen (secondary N) is 1. The van der Waals surface area contributed by atoms with E-state index in [0.717, 1.165) is 64.5 Å². The van der Waals surface area contributed by atoms with Crippen LogP contribution in [-0.4, -0.2) is 85.2 Å². The lowest BCUT2D eigenvalue weighted by atomic mass is 10.1. The van der Waals surface area contributed by atoms with E-state index in [0.29, 0.717) is 12.8 Å². The second-order valence-electron chi connectivity index (χ2n) is 10.7. The van der Waals surface area contributed by atoms with Gasteiger partial charge in [0.15, 0.2) is 14.1 Å². The zero-order valence-corrected chi connectivity index (χ0v) is 25.2. The van der Waals surface area contributed by atoms with E-state index in [1.165, 1.54) is 12.8 Å². The molecule has 0 unspecified atom stereocenters. The number of halogens is 1. The molecule has 35 heavy (non-hydrogen) atoms. The van der Waals surface area contributed by atoms with Gasteiger partial charge in [0.1, 0.15) is 0 Å². The van der Waals surface area contributed by atoms with Gasteiger partial charge in [0.25, 0.3) is 0 Å². The standard InChI is InChI=1S/C8H16N2O2S.C8H18O2Si.C5H12N2O2S.ClH/c9-13(11,12)8-3-5-10(6-4-8)7-1-2-7;1-5-9-8(6-7-8)10-11(2,3)4;6-10(8,9)5-1-3-7-4-2-5;/h7-8H,1-6H2,(H2,9,11,12);5-7H2,1-4H3;5,7H,1-4H2,(H2,6,8,9);1H. The average molecular weight is 579 g/mol. The maximum atomic E-state index is 11.0. The monoisotopic (exact) mass is 578 g/mol. The van der Waals surface area contributed by atoms with Crippen LogP contribution in [0.25, 0.3) is 0 Å². The number of ether oxygens (including phenoxy) is 1. The average Bonchev–Trinajstić information content (AvgIpc) is 3.65. The number of hydrogen-bond acceptors (Lipinski definition) is 8. The van der Waals surface area contributed by atoms with Gasteiger partial charge in [-0.25, -0.2) is 27.1 Å². The third kappa shape index (κ3) is 13.0. The summed E-state index contributed by atoms with van der Waals surface area (Å²) in [5, 5.41) is 12.5. The molecular weight excluding hydrogens is 532 g/mol. The fourth-order valence-corrected chi connectivity index (χ4v) is 7.47. The molecule has 0 bridgehead atoms. The highest BCUT2D eigenvalue weighted by atomic mass is 35.5. The molecule has 4 aliphatic rings. The van der Waals surface area contributed by atoms with Crippen LogP contribution >= 0.6 is 12.4 Å². The van der Waals surface area contributed by atoms with Crippen molar-refractivity contribution < 1.29 is 26.0 Å². The molecule has 0 atom stereocenters. The van der Waals surface area contributed by atoms with E-state index in [1.54, 1.807) is 0 Å². The van der Waals surface area contributed by atoms with Crippen LogP contribution in [-0.2, 0) is 29.2 Å². The van der Waals surface area contributed by atoms with Crippen molar-refractivity contribution in [1.29, 1.82) is 0 Å². The van der Waals surface area contributed by atoms with Crippen LogP contribution in [0, 0.1) is 0 Å².